The second-order valence-electron chi connectivity index (χ2n) is 5.95. The molecule has 4 heterocycles. The highest BCUT2D eigenvalue weighted by Gasteiger charge is 2.54. The molecule has 4 atom stereocenters. The molecule has 0 aliphatic carbocycles. The van der Waals surface area contributed by atoms with Crippen LogP contribution in [0.5, 0.6) is 0 Å². The Labute approximate surface area is 123 Å². The topological polar surface area (TPSA) is 28.2 Å². The minimum atomic E-state index is 0.696. The van der Waals surface area contributed by atoms with Crippen molar-refractivity contribution in [2.24, 2.45) is 11.8 Å². The fourth-order valence-electron chi connectivity index (χ4n) is 4.41. The number of nitrogens with one attached hydrogen (secondary N) is 1. The van der Waals surface area contributed by atoms with Gasteiger partial charge in [-0.05, 0) is 37.8 Å². The third-order valence-electron chi connectivity index (χ3n) is 5.20. The van der Waals surface area contributed by atoms with Crippen LogP contribution in [0, 0.1) is 11.8 Å². The number of fused-ring (bicyclic) bond motifs is 5. The lowest BCUT2D eigenvalue weighted by Gasteiger charge is -2.25. The Kier molecular flexibility index (Phi) is 2.99. The summed E-state index contributed by atoms with van der Waals surface area (Å²) in [5.74, 6) is 1.66. The molecular formula is C14H17Cl2N3. The summed E-state index contributed by atoms with van der Waals surface area (Å²) in [5.41, 5.74) is 1.04. The molecule has 4 rings (SSSR count). The van der Waals surface area contributed by atoms with Gasteiger partial charge in [0.15, 0.2) is 0 Å². The Bertz CT molecular complexity index is 469. The van der Waals surface area contributed by atoms with Crippen LogP contribution in [0.25, 0.3) is 0 Å². The number of pyridine rings is 1. The third kappa shape index (κ3) is 1.83. The number of hydrogen-bond acceptors (Lipinski definition) is 3. The summed E-state index contributed by atoms with van der Waals surface area (Å²) >= 11 is 12.5. The molecule has 0 unspecified atom stereocenters. The van der Waals surface area contributed by atoms with Crippen molar-refractivity contribution in [2.75, 3.05) is 13.1 Å². The van der Waals surface area contributed by atoms with Gasteiger partial charge in [0.05, 0.1) is 10.0 Å². The molecule has 0 amide bonds. The maximum Gasteiger partial charge on any atom is 0.0649 e. The number of hydrogen-bond donors (Lipinski definition) is 1. The van der Waals surface area contributed by atoms with Crippen LogP contribution in [0.1, 0.15) is 18.4 Å². The molecule has 3 saturated heterocycles. The van der Waals surface area contributed by atoms with Crippen LogP contribution >= 0.6 is 23.2 Å². The lowest BCUT2D eigenvalue weighted by molar-refractivity contribution is 0.218. The molecule has 1 N–H and O–H groups in total. The van der Waals surface area contributed by atoms with Crippen molar-refractivity contribution in [1.29, 1.82) is 0 Å². The predicted molar refractivity (Wildman–Crippen MR) is 76.5 cm³/mol. The maximum absolute atomic E-state index is 6.26. The Balaban J connectivity index is 1.61. The SMILES string of the molecule is Clc1cncc(Cl)c1CN1[C@@H]2CC[C@H]1[C@H]1CNC[C@H]12. The largest absolute Gasteiger partial charge is 0.316 e. The lowest BCUT2D eigenvalue weighted by atomic mass is 9.82. The van der Waals surface area contributed by atoms with Crippen LogP contribution in [0.2, 0.25) is 10.0 Å². The molecule has 3 fully saturated rings. The number of nitrogens with zero attached hydrogens (tertiary/aromatic N) is 2. The summed E-state index contributed by atoms with van der Waals surface area (Å²) in [5, 5.41) is 4.94. The Morgan fingerprint density at radius 1 is 1.11 bits per heavy atom. The highest BCUT2D eigenvalue weighted by molar-refractivity contribution is 6.35. The molecule has 0 radical (unpaired) electrons. The van der Waals surface area contributed by atoms with Gasteiger partial charge in [-0.3, -0.25) is 9.88 Å². The van der Waals surface area contributed by atoms with Crippen LogP contribution in [0.4, 0.5) is 0 Å². The first-order chi connectivity index (χ1) is 9.25. The van der Waals surface area contributed by atoms with Crippen molar-refractivity contribution in [3.8, 4) is 0 Å². The lowest BCUT2D eigenvalue weighted by Crippen LogP contribution is -2.33. The highest BCUT2D eigenvalue weighted by atomic mass is 35.5. The van der Waals surface area contributed by atoms with Crippen molar-refractivity contribution in [3.63, 3.8) is 0 Å². The normalized spacial score (nSPS) is 36.9. The van der Waals surface area contributed by atoms with Gasteiger partial charge in [-0.25, -0.2) is 0 Å². The van der Waals surface area contributed by atoms with Gasteiger partial charge in [0, 0.05) is 36.6 Å². The Morgan fingerprint density at radius 3 is 2.26 bits per heavy atom. The molecule has 2 bridgehead atoms. The van der Waals surface area contributed by atoms with Crippen LogP contribution in [0.15, 0.2) is 12.4 Å². The van der Waals surface area contributed by atoms with Crippen molar-refractivity contribution < 1.29 is 0 Å². The summed E-state index contributed by atoms with van der Waals surface area (Å²) in [6, 6.07) is 1.43. The van der Waals surface area contributed by atoms with E-state index in [9.17, 15) is 0 Å². The second kappa shape index (κ2) is 4.59. The van der Waals surface area contributed by atoms with E-state index in [1.807, 2.05) is 0 Å². The fraction of sp³-hybridized carbons (Fsp3) is 0.643. The number of halogens is 2. The minimum absolute atomic E-state index is 0.696. The van der Waals surface area contributed by atoms with E-state index in [4.69, 9.17) is 23.2 Å². The molecule has 3 aliphatic rings. The highest BCUT2D eigenvalue weighted by Crippen LogP contribution is 2.48. The van der Waals surface area contributed by atoms with Gasteiger partial charge in [0.2, 0.25) is 0 Å². The average Bonchev–Trinajstić information content (AvgIpc) is 3.06. The molecule has 1 aromatic heterocycles. The zero-order valence-corrected chi connectivity index (χ0v) is 12.2. The zero-order valence-electron chi connectivity index (χ0n) is 10.6. The summed E-state index contributed by atoms with van der Waals surface area (Å²) in [6.07, 6.45) is 6.05. The van der Waals surface area contributed by atoms with Crippen molar-refractivity contribution in [2.45, 2.75) is 31.5 Å². The van der Waals surface area contributed by atoms with Crippen LogP contribution in [-0.2, 0) is 6.54 Å². The van der Waals surface area contributed by atoms with Crippen molar-refractivity contribution in [1.82, 2.24) is 15.2 Å². The monoisotopic (exact) mass is 297 g/mol. The fourth-order valence-corrected chi connectivity index (χ4v) is 4.89. The molecular weight excluding hydrogens is 281 g/mol. The molecule has 3 aliphatic heterocycles. The van der Waals surface area contributed by atoms with Crippen LogP contribution < -0.4 is 5.32 Å². The smallest absolute Gasteiger partial charge is 0.0649 e. The van der Waals surface area contributed by atoms with Gasteiger partial charge >= 0.3 is 0 Å². The summed E-state index contributed by atoms with van der Waals surface area (Å²) in [4.78, 5) is 6.68. The van der Waals surface area contributed by atoms with E-state index in [0.29, 0.717) is 22.1 Å². The molecule has 0 saturated carbocycles. The molecule has 5 heteroatoms. The summed E-state index contributed by atoms with van der Waals surface area (Å²) in [7, 11) is 0. The van der Waals surface area contributed by atoms with Crippen molar-refractivity contribution >= 4 is 23.2 Å². The van der Waals surface area contributed by atoms with Gasteiger partial charge < -0.3 is 5.32 Å². The maximum atomic E-state index is 6.26. The van der Waals surface area contributed by atoms with E-state index in [2.05, 4.69) is 15.2 Å². The molecule has 0 spiro atoms. The van der Waals surface area contributed by atoms with E-state index in [1.54, 1.807) is 12.4 Å². The predicted octanol–water partition coefficient (Wildman–Crippen LogP) is 2.57. The van der Waals surface area contributed by atoms with Crippen LogP contribution in [0.3, 0.4) is 0 Å². The summed E-state index contributed by atoms with van der Waals surface area (Å²) < 4.78 is 0. The first-order valence-corrected chi connectivity index (χ1v) is 7.75. The minimum Gasteiger partial charge on any atom is -0.316 e. The van der Waals surface area contributed by atoms with Gasteiger partial charge in [-0.2, -0.15) is 0 Å². The number of aromatic nitrogens is 1. The van der Waals surface area contributed by atoms with E-state index in [1.165, 1.54) is 25.9 Å². The zero-order chi connectivity index (χ0) is 13.0. The standard InChI is InChI=1S/C14H17Cl2N3/c15-11-5-18-6-12(16)10(11)7-19-13-1-2-14(19)9-4-17-3-8(9)13/h5-6,8-9,13-14,17H,1-4,7H2/t8-,9+,13-,14+. The summed E-state index contributed by atoms with van der Waals surface area (Å²) in [6.45, 7) is 3.24. The van der Waals surface area contributed by atoms with Gasteiger partial charge in [0.1, 0.15) is 0 Å². The molecule has 0 aromatic carbocycles. The van der Waals surface area contributed by atoms with E-state index < -0.39 is 0 Å². The van der Waals surface area contributed by atoms with E-state index in [0.717, 1.165) is 23.9 Å². The first-order valence-electron chi connectivity index (χ1n) is 7.00. The van der Waals surface area contributed by atoms with E-state index in [-0.39, 0.29) is 0 Å². The van der Waals surface area contributed by atoms with Gasteiger partial charge in [-0.1, -0.05) is 23.2 Å². The molecule has 102 valence electrons. The Morgan fingerprint density at radius 2 is 1.68 bits per heavy atom. The second-order valence-corrected chi connectivity index (χ2v) is 6.77. The average molecular weight is 298 g/mol. The van der Waals surface area contributed by atoms with Crippen LogP contribution in [-0.4, -0.2) is 35.1 Å². The molecule has 19 heavy (non-hydrogen) atoms. The quantitative estimate of drug-likeness (QED) is 0.909. The van der Waals surface area contributed by atoms with Gasteiger partial charge in [0.25, 0.3) is 0 Å². The third-order valence-corrected chi connectivity index (χ3v) is 5.85. The molecule has 1 aromatic rings. The van der Waals surface area contributed by atoms with E-state index >= 15 is 0 Å². The van der Waals surface area contributed by atoms with Gasteiger partial charge in [-0.15, -0.1) is 0 Å². The molecule has 3 nitrogen and oxygen atoms in total. The Hall–Kier alpha value is -0.350. The van der Waals surface area contributed by atoms with Crippen molar-refractivity contribution in [3.05, 3.63) is 28.0 Å². The first kappa shape index (κ1) is 12.4. The number of rotatable bonds is 2.